The molecule has 0 aliphatic heterocycles. The van der Waals surface area contributed by atoms with E-state index < -0.39 is 0 Å². The van der Waals surface area contributed by atoms with Crippen LogP contribution in [-0.2, 0) is 12.3 Å². The molecule has 0 saturated carbocycles. The second kappa shape index (κ2) is 6.62. The van der Waals surface area contributed by atoms with Gasteiger partial charge < -0.3 is 4.57 Å². The highest BCUT2D eigenvalue weighted by atomic mass is 32.2. The highest BCUT2D eigenvalue weighted by molar-refractivity contribution is 7.98. The SMILES string of the molecule is CCn1ccc(=O)nc1SCc1ccn(-c2ccccc2)n1. The summed E-state index contributed by atoms with van der Waals surface area (Å²) in [6.07, 6.45) is 3.72. The molecule has 3 rings (SSSR count). The maximum Gasteiger partial charge on any atom is 0.273 e. The normalized spacial score (nSPS) is 10.8. The standard InChI is InChI=1S/C16H16N4OS/c1-2-19-10-9-15(21)17-16(19)22-12-13-8-11-20(18-13)14-6-4-3-5-7-14/h3-11H,2,12H2,1H3. The summed E-state index contributed by atoms with van der Waals surface area (Å²) in [6.45, 7) is 2.81. The number of aryl methyl sites for hydroxylation is 1. The molecule has 0 fully saturated rings. The van der Waals surface area contributed by atoms with Crippen molar-refractivity contribution in [2.45, 2.75) is 24.4 Å². The molecule has 2 heterocycles. The van der Waals surface area contributed by atoms with Crippen LogP contribution in [0.1, 0.15) is 12.6 Å². The van der Waals surface area contributed by atoms with Crippen molar-refractivity contribution >= 4 is 11.8 Å². The van der Waals surface area contributed by atoms with Crippen LogP contribution in [0.4, 0.5) is 0 Å². The first-order valence-electron chi connectivity index (χ1n) is 7.06. The number of rotatable bonds is 5. The van der Waals surface area contributed by atoms with Gasteiger partial charge in [0.15, 0.2) is 5.16 Å². The third kappa shape index (κ3) is 3.28. The van der Waals surface area contributed by atoms with Gasteiger partial charge in [0, 0.05) is 30.8 Å². The van der Waals surface area contributed by atoms with E-state index in [1.54, 1.807) is 6.20 Å². The Morgan fingerprint density at radius 1 is 1.09 bits per heavy atom. The molecule has 0 aliphatic rings. The zero-order valence-corrected chi connectivity index (χ0v) is 13.0. The Hall–Kier alpha value is -2.34. The van der Waals surface area contributed by atoms with Crippen LogP contribution in [0.2, 0.25) is 0 Å². The molecule has 0 radical (unpaired) electrons. The van der Waals surface area contributed by atoms with Gasteiger partial charge in [0.2, 0.25) is 0 Å². The van der Waals surface area contributed by atoms with Crippen LogP contribution in [0.5, 0.6) is 0 Å². The molecule has 0 bridgehead atoms. The second-order valence-electron chi connectivity index (χ2n) is 4.71. The van der Waals surface area contributed by atoms with Crippen molar-refractivity contribution in [1.82, 2.24) is 19.3 Å². The van der Waals surface area contributed by atoms with Crippen LogP contribution in [0.3, 0.4) is 0 Å². The molecular weight excluding hydrogens is 296 g/mol. The van der Waals surface area contributed by atoms with Crippen molar-refractivity contribution in [2.75, 3.05) is 0 Å². The smallest absolute Gasteiger partial charge is 0.273 e. The van der Waals surface area contributed by atoms with E-state index in [1.807, 2.05) is 58.8 Å². The van der Waals surface area contributed by atoms with E-state index in [9.17, 15) is 4.79 Å². The van der Waals surface area contributed by atoms with Crippen molar-refractivity contribution < 1.29 is 0 Å². The van der Waals surface area contributed by atoms with Gasteiger partial charge >= 0.3 is 0 Å². The van der Waals surface area contributed by atoms with Gasteiger partial charge in [-0.25, -0.2) is 4.68 Å². The largest absolute Gasteiger partial charge is 0.328 e. The zero-order chi connectivity index (χ0) is 15.4. The van der Waals surface area contributed by atoms with Crippen molar-refractivity contribution in [3.8, 4) is 5.69 Å². The summed E-state index contributed by atoms with van der Waals surface area (Å²) in [5, 5.41) is 5.28. The van der Waals surface area contributed by atoms with E-state index in [1.165, 1.54) is 17.8 Å². The van der Waals surface area contributed by atoms with Gasteiger partial charge in [-0.1, -0.05) is 30.0 Å². The Labute approximate surface area is 132 Å². The van der Waals surface area contributed by atoms with E-state index in [2.05, 4.69) is 10.1 Å². The van der Waals surface area contributed by atoms with Crippen LogP contribution in [0.15, 0.2) is 64.8 Å². The minimum atomic E-state index is -0.206. The average Bonchev–Trinajstić information content (AvgIpc) is 3.03. The summed E-state index contributed by atoms with van der Waals surface area (Å²) in [4.78, 5) is 15.5. The molecule has 3 aromatic rings. The fourth-order valence-electron chi connectivity index (χ4n) is 2.07. The summed E-state index contributed by atoms with van der Waals surface area (Å²) < 4.78 is 3.81. The Balaban J connectivity index is 1.74. The molecule has 6 heteroatoms. The molecule has 112 valence electrons. The molecular formula is C16H16N4OS. The monoisotopic (exact) mass is 312 g/mol. The lowest BCUT2D eigenvalue weighted by molar-refractivity contribution is 0.640. The number of aromatic nitrogens is 4. The lowest BCUT2D eigenvalue weighted by Gasteiger charge is -2.07. The Kier molecular flexibility index (Phi) is 4.39. The quantitative estimate of drug-likeness (QED) is 0.537. The van der Waals surface area contributed by atoms with Crippen molar-refractivity contribution in [2.24, 2.45) is 0 Å². The molecule has 0 unspecified atom stereocenters. The van der Waals surface area contributed by atoms with Gasteiger partial charge in [0.05, 0.1) is 11.4 Å². The first-order valence-corrected chi connectivity index (χ1v) is 8.05. The lowest BCUT2D eigenvalue weighted by atomic mass is 10.3. The zero-order valence-electron chi connectivity index (χ0n) is 12.2. The summed E-state index contributed by atoms with van der Waals surface area (Å²) in [7, 11) is 0. The summed E-state index contributed by atoms with van der Waals surface area (Å²) in [5.74, 6) is 0.677. The number of thioether (sulfide) groups is 1. The molecule has 5 nitrogen and oxygen atoms in total. The molecule has 0 amide bonds. The van der Waals surface area contributed by atoms with Gasteiger partial charge in [0.25, 0.3) is 5.56 Å². The number of benzene rings is 1. The molecule has 2 aromatic heterocycles. The molecule has 0 saturated heterocycles. The molecule has 0 atom stereocenters. The summed E-state index contributed by atoms with van der Waals surface area (Å²) >= 11 is 1.52. The Morgan fingerprint density at radius 2 is 1.91 bits per heavy atom. The number of hydrogen-bond donors (Lipinski definition) is 0. The van der Waals surface area contributed by atoms with Crippen molar-refractivity contribution in [3.63, 3.8) is 0 Å². The molecule has 0 spiro atoms. The lowest BCUT2D eigenvalue weighted by Crippen LogP contribution is -2.12. The maximum absolute atomic E-state index is 11.4. The van der Waals surface area contributed by atoms with Crippen LogP contribution >= 0.6 is 11.8 Å². The first-order chi connectivity index (χ1) is 10.8. The molecule has 1 aromatic carbocycles. The van der Waals surface area contributed by atoms with E-state index in [4.69, 9.17) is 0 Å². The van der Waals surface area contributed by atoms with Gasteiger partial charge in [-0.15, -0.1) is 0 Å². The Bertz CT molecular complexity index is 810. The predicted molar refractivity (Wildman–Crippen MR) is 87.3 cm³/mol. The topological polar surface area (TPSA) is 52.7 Å². The van der Waals surface area contributed by atoms with Crippen molar-refractivity contribution in [3.05, 3.63) is 70.9 Å². The Morgan fingerprint density at radius 3 is 2.68 bits per heavy atom. The van der Waals surface area contributed by atoms with Gasteiger partial charge in [-0.05, 0) is 25.1 Å². The van der Waals surface area contributed by atoms with E-state index >= 15 is 0 Å². The third-order valence-corrected chi connectivity index (χ3v) is 4.23. The van der Waals surface area contributed by atoms with E-state index in [0.717, 1.165) is 23.1 Å². The number of para-hydroxylation sites is 1. The van der Waals surface area contributed by atoms with Crippen LogP contribution in [-0.4, -0.2) is 19.3 Å². The minimum Gasteiger partial charge on any atom is -0.328 e. The second-order valence-corrected chi connectivity index (χ2v) is 5.65. The van der Waals surface area contributed by atoms with Crippen LogP contribution < -0.4 is 5.56 Å². The fourth-order valence-corrected chi connectivity index (χ4v) is 3.01. The van der Waals surface area contributed by atoms with Gasteiger partial charge in [-0.3, -0.25) is 4.79 Å². The van der Waals surface area contributed by atoms with Gasteiger partial charge in [-0.2, -0.15) is 10.1 Å². The highest BCUT2D eigenvalue weighted by Crippen LogP contribution is 2.19. The molecule has 0 aliphatic carbocycles. The summed E-state index contributed by atoms with van der Waals surface area (Å²) in [5.41, 5.74) is 1.78. The van der Waals surface area contributed by atoms with E-state index in [0.29, 0.717) is 5.75 Å². The van der Waals surface area contributed by atoms with Crippen molar-refractivity contribution in [1.29, 1.82) is 0 Å². The molecule has 0 N–H and O–H groups in total. The minimum absolute atomic E-state index is 0.206. The fraction of sp³-hybridized carbons (Fsp3) is 0.188. The van der Waals surface area contributed by atoms with Crippen LogP contribution in [0, 0.1) is 0 Å². The highest BCUT2D eigenvalue weighted by Gasteiger charge is 2.06. The maximum atomic E-state index is 11.4. The predicted octanol–water partition coefficient (Wildman–Crippen LogP) is 2.74. The number of hydrogen-bond acceptors (Lipinski definition) is 4. The van der Waals surface area contributed by atoms with Crippen LogP contribution in [0.25, 0.3) is 5.69 Å². The number of nitrogens with zero attached hydrogens (tertiary/aromatic N) is 4. The summed E-state index contributed by atoms with van der Waals surface area (Å²) in [6, 6.07) is 13.4. The average molecular weight is 312 g/mol. The third-order valence-electron chi connectivity index (χ3n) is 3.20. The molecule has 22 heavy (non-hydrogen) atoms. The van der Waals surface area contributed by atoms with Gasteiger partial charge in [0.1, 0.15) is 0 Å². The first kappa shape index (κ1) is 14.6. The van der Waals surface area contributed by atoms with E-state index in [-0.39, 0.29) is 5.56 Å².